The molecule has 1 amide bonds. The first-order valence-corrected chi connectivity index (χ1v) is 8.08. The lowest BCUT2D eigenvalue weighted by Gasteiger charge is -2.18. The molecule has 1 aliphatic heterocycles. The average molecular weight is 318 g/mol. The molecular weight excluding hydrogens is 292 g/mol. The fourth-order valence-corrected chi connectivity index (χ4v) is 2.31. The van der Waals surface area contributed by atoms with Crippen molar-refractivity contribution in [1.82, 2.24) is 10.6 Å². The molecule has 1 aromatic rings. The van der Waals surface area contributed by atoms with Crippen LogP contribution in [-0.4, -0.2) is 38.6 Å². The highest BCUT2D eigenvalue weighted by atomic mass is 16.5. The summed E-state index contributed by atoms with van der Waals surface area (Å²) < 4.78 is 5.76. The first-order valence-electron chi connectivity index (χ1n) is 8.08. The summed E-state index contributed by atoms with van der Waals surface area (Å²) in [5.41, 5.74) is 2.02. The molecule has 0 radical (unpaired) electrons. The molecular formula is C17H26N4O2. The highest BCUT2D eigenvalue weighted by molar-refractivity contribution is 5.94. The van der Waals surface area contributed by atoms with Gasteiger partial charge in [-0.2, -0.15) is 0 Å². The highest BCUT2D eigenvalue weighted by Crippen LogP contribution is 2.26. The van der Waals surface area contributed by atoms with Crippen LogP contribution in [0, 0.1) is 5.92 Å². The van der Waals surface area contributed by atoms with Crippen molar-refractivity contribution in [2.24, 2.45) is 10.9 Å². The van der Waals surface area contributed by atoms with E-state index >= 15 is 0 Å². The van der Waals surface area contributed by atoms with E-state index in [1.807, 2.05) is 18.2 Å². The number of nitrogens with one attached hydrogen (secondary N) is 3. The van der Waals surface area contributed by atoms with Crippen LogP contribution in [0.25, 0.3) is 0 Å². The summed E-state index contributed by atoms with van der Waals surface area (Å²) in [6.07, 6.45) is 1.30. The molecule has 0 atom stereocenters. The van der Waals surface area contributed by atoms with Gasteiger partial charge in [-0.05, 0) is 36.1 Å². The Morgan fingerprint density at radius 1 is 1.35 bits per heavy atom. The molecule has 0 aromatic heterocycles. The number of carbonyl (C=O) groups excluding carboxylic acids is 1. The Bertz CT molecular complexity index is 570. The van der Waals surface area contributed by atoms with Crippen molar-refractivity contribution in [2.45, 2.75) is 26.7 Å². The van der Waals surface area contributed by atoms with Gasteiger partial charge in [0, 0.05) is 25.7 Å². The van der Waals surface area contributed by atoms with Crippen molar-refractivity contribution < 1.29 is 9.53 Å². The van der Waals surface area contributed by atoms with Gasteiger partial charge in [0.2, 0.25) is 5.91 Å². The summed E-state index contributed by atoms with van der Waals surface area (Å²) >= 11 is 0. The summed E-state index contributed by atoms with van der Waals surface area (Å²) in [5, 5.41) is 9.34. The van der Waals surface area contributed by atoms with Crippen LogP contribution in [0.4, 0.5) is 5.69 Å². The molecule has 6 nitrogen and oxygen atoms in total. The highest BCUT2D eigenvalue weighted by Gasteiger charge is 2.14. The molecule has 3 N–H and O–H groups in total. The second kappa shape index (κ2) is 8.41. The Labute approximate surface area is 137 Å². The number of carbonyl (C=O) groups is 1. The Morgan fingerprint density at radius 2 is 2.17 bits per heavy atom. The van der Waals surface area contributed by atoms with Gasteiger partial charge in [0.25, 0.3) is 0 Å². The number of ether oxygens (including phenoxy) is 1. The summed E-state index contributed by atoms with van der Waals surface area (Å²) in [5.74, 6) is 2.26. The molecule has 23 heavy (non-hydrogen) atoms. The predicted octanol–water partition coefficient (Wildman–Crippen LogP) is 1.77. The van der Waals surface area contributed by atoms with E-state index in [1.54, 1.807) is 7.05 Å². The fourth-order valence-electron chi connectivity index (χ4n) is 2.31. The summed E-state index contributed by atoms with van der Waals surface area (Å²) in [4.78, 5) is 15.5. The average Bonchev–Trinajstić information content (AvgIpc) is 2.54. The number of guanidine groups is 1. The monoisotopic (exact) mass is 318 g/mol. The van der Waals surface area contributed by atoms with Crippen molar-refractivity contribution in [3.8, 4) is 5.75 Å². The van der Waals surface area contributed by atoms with Gasteiger partial charge in [-0.3, -0.25) is 9.79 Å². The van der Waals surface area contributed by atoms with Gasteiger partial charge in [-0.25, -0.2) is 0 Å². The van der Waals surface area contributed by atoms with E-state index in [1.165, 1.54) is 0 Å². The van der Waals surface area contributed by atoms with Crippen LogP contribution in [0.2, 0.25) is 0 Å². The minimum atomic E-state index is 0.0793. The standard InChI is InChI=1S/C17H26N4O2/c1-12(2)11-20-17(18-3)19-8-9-23-14-5-6-15-13(10-14)4-7-16(22)21-15/h5-6,10,12H,4,7-9,11H2,1-3H3,(H,21,22)(H2,18,19,20). The molecule has 0 unspecified atom stereocenters. The Balaban J connectivity index is 1.75. The second-order valence-corrected chi connectivity index (χ2v) is 5.99. The summed E-state index contributed by atoms with van der Waals surface area (Å²) in [6.45, 7) is 6.42. The molecule has 0 bridgehead atoms. The lowest BCUT2D eigenvalue weighted by atomic mass is 10.0. The van der Waals surface area contributed by atoms with Crippen molar-refractivity contribution in [3.05, 3.63) is 23.8 Å². The number of fused-ring (bicyclic) bond motifs is 1. The molecule has 1 aromatic carbocycles. The number of amides is 1. The van der Waals surface area contributed by atoms with E-state index in [2.05, 4.69) is 34.8 Å². The van der Waals surface area contributed by atoms with E-state index in [-0.39, 0.29) is 5.91 Å². The lowest BCUT2D eigenvalue weighted by Crippen LogP contribution is -2.40. The molecule has 126 valence electrons. The largest absolute Gasteiger partial charge is 0.492 e. The van der Waals surface area contributed by atoms with Gasteiger partial charge in [0.1, 0.15) is 12.4 Å². The number of benzene rings is 1. The molecule has 2 rings (SSSR count). The van der Waals surface area contributed by atoms with Gasteiger partial charge in [0.05, 0.1) is 6.54 Å². The fraction of sp³-hybridized carbons (Fsp3) is 0.529. The maximum Gasteiger partial charge on any atom is 0.224 e. The van der Waals surface area contributed by atoms with Gasteiger partial charge in [0.15, 0.2) is 5.96 Å². The second-order valence-electron chi connectivity index (χ2n) is 5.99. The topological polar surface area (TPSA) is 74.8 Å². The first kappa shape index (κ1) is 17.1. The van der Waals surface area contributed by atoms with Crippen molar-refractivity contribution in [3.63, 3.8) is 0 Å². The van der Waals surface area contributed by atoms with Crippen LogP contribution in [0.15, 0.2) is 23.2 Å². The third-order valence-corrected chi connectivity index (χ3v) is 3.54. The van der Waals surface area contributed by atoms with Gasteiger partial charge < -0.3 is 20.7 Å². The Hall–Kier alpha value is -2.24. The van der Waals surface area contributed by atoms with Gasteiger partial charge in [-0.1, -0.05) is 13.8 Å². The molecule has 1 aliphatic rings. The van der Waals surface area contributed by atoms with Crippen LogP contribution >= 0.6 is 0 Å². The lowest BCUT2D eigenvalue weighted by molar-refractivity contribution is -0.116. The van der Waals surface area contributed by atoms with E-state index in [0.717, 1.165) is 35.9 Å². The summed E-state index contributed by atoms with van der Waals surface area (Å²) in [6, 6.07) is 5.79. The Kier molecular flexibility index (Phi) is 6.26. The molecule has 0 fully saturated rings. The number of anilines is 1. The van der Waals surface area contributed by atoms with E-state index in [0.29, 0.717) is 25.5 Å². The van der Waals surface area contributed by atoms with Crippen LogP contribution in [0.1, 0.15) is 25.8 Å². The predicted molar refractivity (Wildman–Crippen MR) is 93.1 cm³/mol. The number of hydrogen-bond donors (Lipinski definition) is 3. The van der Waals surface area contributed by atoms with Crippen LogP contribution in [0.5, 0.6) is 5.75 Å². The minimum Gasteiger partial charge on any atom is -0.492 e. The maximum atomic E-state index is 11.3. The Morgan fingerprint density at radius 3 is 2.91 bits per heavy atom. The van der Waals surface area contributed by atoms with E-state index in [9.17, 15) is 4.79 Å². The van der Waals surface area contributed by atoms with Crippen LogP contribution in [-0.2, 0) is 11.2 Å². The third-order valence-electron chi connectivity index (χ3n) is 3.54. The SMILES string of the molecule is CN=C(NCCOc1ccc2c(c1)CCC(=O)N2)NCC(C)C. The maximum absolute atomic E-state index is 11.3. The number of nitrogens with zero attached hydrogens (tertiary/aromatic N) is 1. The number of rotatable bonds is 6. The number of hydrogen-bond acceptors (Lipinski definition) is 3. The molecule has 0 saturated heterocycles. The van der Waals surface area contributed by atoms with Crippen LogP contribution in [0.3, 0.4) is 0 Å². The molecule has 0 saturated carbocycles. The third kappa shape index (κ3) is 5.47. The van der Waals surface area contributed by atoms with Crippen molar-refractivity contribution >= 4 is 17.6 Å². The van der Waals surface area contributed by atoms with Gasteiger partial charge >= 0.3 is 0 Å². The number of aliphatic imine (C=N–C) groups is 1. The normalized spacial score (nSPS) is 14.3. The van der Waals surface area contributed by atoms with Crippen molar-refractivity contribution in [1.29, 1.82) is 0 Å². The molecule has 0 aliphatic carbocycles. The zero-order valence-electron chi connectivity index (χ0n) is 14.1. The molecule has 6 heteroatoms. The molecule has 0 spiro atoms. The van der Waals surface area contributed by atoms with Crippen LogP contribution < -0.4 is 20.7 Å². The minimum absolute atomic E-state index is 0.0793. The first-order chi connectivity index (χ1) is 11.1. The van der Waals surface area contributed by atoms with E-state index in [4.69, 9.17) is 4.74 Å². The molecule has 1 heterocycles. The van der Waals surface area contributed by atoms with Crippen molar-refractivity contribution in [2.75, 3.05) is 32.1 Å². The quantitative estimate of drug-likeness (QED) is 0.424. The summed E-state index contributed by atoms with van der Waals surface area (Å²) in [7, 11) is 1.76. The smallest absolute Gasteiger partial charge is 0.224 e. The zero-order chi connectivity index (χ0) is 16.7. The van der Waals surface area contributed by atoms with Gasteiger partial charge in [-0.15, -0.1) is 0 Å². The van der Waals surface area contributed by atoms with E-state index < -0.39 is 0 Å². The zero-order valence-corrected chi connectivity index (χ0v) is 14.1. The number of aryl methyl sites for hydroxylation is 1.